The Labute approximate surface area is 168 Å². The van der Waals surface area contributed by atoms with E-state index < -0.39 is 0 Å². The summed E-state index contributed by atoms with van der Waals surface area (Å²) in [4.78, 5) is 28.3. The Hall–Kier alpha value is -1.37. The number of likely N-dealkylation sites (tertiary alicyclic amines) is 1. The van der Waals surface area contributed by atoms with Crippen molar-refractivity contribution < 1.29 is 9.59 Å². The predicted molar refractivity (Wildman–Crippen MR) is 106 cm³/mol. The van der Waals surface area contributed by atoms with E-state index in [2.05, 4.69) is 10.9 Å². The second-order valence-corrected chi connectivity index (χ2v) is 7.33. The number of benzene rings is 1. The van der Waals surface area contributed by atoms with Crippen molar-refractivity contribution >= 4 is 52.4 Å². The molecule has 26 heavy (non-hydrogen) atoms. The van der Waals surface area contributed by atoms with Crippen LogP contribution >= 0.6 is 34.8 Å². The van der Waals surface area contributed by atoms with Crippen LogP contribution in [0.3, 0.4) is 0 Å². The fourth-order valence-corrected chi connectivity index (χ4v) is 3.83. The number of hydrogen-bond acceptors (Lipinski definition) is 3. The molecule has 0 bridgehead atoms. The van der Waals surface area contributed by atoms with Crippen molar-refractivity contribution in [1.29, 1.82) is 0 Å². The van der Waals surface area contributed by atoms with Crippen molar-refractivity contribution in [2.45, 2.75) is 26.7 Å². The van der Waals surface area contributed by atoms with Crippen LogP contribution in [0.4, 0.5) is 10.5 Å². The van der Waals surface area contributed by atoms with E-state index in [0.29, 0.717) is 59.8 Å². The fourth-order valence-electron chi connectivity index (χ4n) is 2.91. The number of amides is 3. The summed E-state index contributed by atoms with van der Waals surface area (Å²) in [5.74, 6) is -0.324. The van der Waals surface area contributed by atoms with Gasteiger partial charge in [0.15, 0.2) is 0 Å². The molecular weight excluding hydrogens is 399 g/mol. The third kappa shape index (κ3) is 5.09. The number of rotatable bonds is 5. The molecule has 1 aliphatic heterocycles. The average Bonchev–Trinajstić information content (AvgIpc) is 2.61. The molecule has 1 heterocycles. The molecule has 2 N–H and O–H groups in total. The Kier molecular flexibility index (Phi) is 7.68. The van der Waals surface area contributed by atoms with Crippen LogP contribution in [-0.4, -0.2) is 47.9 Å². The van der Waals surface area contributed by atoms with Gasteiger partial charge in [0.05, 0.1) is 15.7 Å². The van der Waals surface area contributed by atoms with Gasteiger partial charge >= 0.3 is 6.03 Å². The molecule has 0 saturated carbocycles. The quantitative estimate of drug-likeness (QED) is 0.698. The second-order valence-electron chi connectivity index (χ2n) is 6.07. The number of hydrazine groups is 1. The van der Waals surface area contributed by atoms with Crippen LogP contribution in [0.25, 0.3) is 0 Å². The first kappa shape index (κ1) is 20.9. The SMILES string of the molecule is CCN(CC)C(=O)N1CCC(C(=O)NNc2c(Cl)cc(Cl)cc2Cl)CC1. The van der Waals surface area contributed by atoms with E-state index >= 15 is 0 Å². The summed E-state index contributed by atoms with van der Waals surface area (Å²) in [5, 5.41) is 1.06. The van der Waals surface area contributed by atoms with Crippen molar-refractivity contribution in [3.63, 3.8) is 0 Å². The molecule has 9 heteroatoms. The average molecular weight is 422 g/mol. The molecule has 6 nitrogen and oxygen atoms in total. The zero-order valence-electron chi connectivity index (χ0n) is 14.8. The Bertz CT molecular complexity index is 636. The number of anilines is 1. The molecule has 3 amide bonds. The molecule has 2 rings (SSSR count). The third-order valence-corrected chi connectivity index (χ3v) is 5.30. The zero-order chi connectivity index (χ0) is 19.3. The summed E-state index contributed by atoms with van der Waals surface area (Å²) < 4.78 is 0. The van der Waals surface area contributed by atoms with Crippen LogP contribution in [0.5, 0.6) is 0 Å². The first-order chi connectivity index (χ1) is 12.4. The molecule has 1 fully saturated rings. The molecule has 144 valence electrons. The number of piperidine rings is 1. The minimum atomic E-state index is -0.173. The summed E-state index contributed by atoms with van der Waals surface area (Å²) in [6.07, 6.45) is 1.23. The van der Waals surface area contributed by atoms with Gasteiger partial charge in [0, 0.05) is 37.1 Å². The standard InChI is InChI=1S/C17H23Cl3N4O2/c1-3-23(4-2)17(26)24-7-5-11(6-8-24)16(25)22-21-15-13(19)9-12(18)10-14(15)20/h9-11,21H,3-8H2,1-2H3,(H,22,25). The van der Waals surface area contributed by atoms with Crippen LogP contribution in [0, 0.1) is 5.92 Å². The van der Waals surface area contributed by atoms with Crippen LogP contribution < -0.4 is 10.9 Å². The van der Waals surface area contributed by atoms with Crippen molar-refractivity contribution in [2.75, 3.05) is 31.6 Å². The van der Waals surface area contributed by atoms with E-state index in [0.717, 1.165) is 0 Å². The number of nitrogens with zero attached hydrogens (tertiary/aromatic N) is 2. The maximum Gasteiger partial charge on any atom is 0.319 e. The molecule has 1 aromatic rings. The van der Waals surface area contributed by atoms with Gasteiger partial charge in [-0.15, -0.1) is 0 Å². The highest BCUT2D eigenvalue weighted by molar-refractivity contribution is 6.41. The molecule has 0 unspecified atom stereocenters. The molecule has 0 spiro atoms. The minimum absolute atomic E-state index is 0.0340. The molecule has 1 aliphatic rings. The number of halogens is 3. The number of carbonyl (C=O) groups excluding carboxylic acids is 2. The molecule has 0 aliphatic carbocycles. The Morgan fingerprint density at radius 3 is 2.15 bits per heavy atom. The lowest BCUT2D eigenvalue weighted by Gasteiger charge is -2.34. The topological polar surface area (TPSA) is 64.7 Å². The van der Waals surface area contributed by atoms with Gasteiger partial charge in [0.1, 0.15) is 0 Å². The minimum Gasteiger partial charge on any atom is -0.325 e. The maximum atomic E-state index is 12.4. The predicted octanol–water partition coefficient (Wildman–Crippen LogP) is 4.26. The lowest BCUT2D eigenvalue weighted by Crippen LogP contribution is -2.48. The van der Waals surface area contributed by atoms with Crippen LogP contribution in [0.1, 0.15) is 26.7 Å². The van der Waals surface area contributed by atoms with Crippen LogP contribution in [-0.2, 0) is 4.79 Å². The van der Waals surface area contributed by atoms with E-state index in [1.807, 2.05) is 13.8 Å². The largest absolute Gasteiger partial charge is 0.325 e. The highest BCUT2D eigenvalue weighted by Gasteiger charge is 2.29. The molecule has 1 aromatic carbocycles. The first-order valence-electron chi connectivity index (χ1n) is 8.61. The van der Waals surface area contributed by atoms with Gasteiger partial charge < -0.3 is 9.80 Å². The fraction of sp³-hybridized carbons (Fsp3) is 0.529. The Balaban J connectivity index is 1.86. The highest BCUT2D eigenvalue weighted by Crippen LogP contribution is 2.33. The Morgan fingerprint density at radius 2 is 1.65 bits per heavy atom. The number of carbonyl (C=O) groups is 2. The summed E-state index contributed by atoms with van der Waals surface area (Å²) >= 11 is 18.0. The molecule has 0 radical (unpaired) electrons. The van der Waals surface area contributed by atoms with Gasteiger partial charge in [-0.3, -0.25) is 15.6 Å². The number of urea groups is 1. The van der Waals surface area contributed by atoms with Crippen molar-refractivity contribution in [3.05, 3.63) is 27.2 Å². The van der Waals surface area contributed by atoms with Crippen molar-refractivity contribution in [3.8, 4) is 0 Å². The third-order valence-electron chi connectivity index (χ3n) is 4.49. The number of hydrogen-bond donors (Lipinski definition) is 2. The van der Waals surface area contributed by atoms with E-state index in [4.69, 9.17) is 34.8 Å². The Morgan fingerprint density at radius 1 is 1.12 bits per heavy atom. The molecular formula is C17H23Cl3N4O2. The van der Waals surface area contributed by atoms with Gasteiger partial charge in [-0.05, 0) is 38.8 Å². The summed E-state index contributed by atoms with van der Waals surface area (Å²) in [7, 11) is 0. The monoisotopic (exact) mass is 420 g/mol. The normalized spacial score (nSPS) is 14.9. The van der Waals surface area contributed by atoms with Crippen LogP contribution in [0.15, 0.2) is 12.1 Å². The molecule has 1 saturated heterocycles. The highest BCUT2D eigenvalue weighted by atomic mass is 35.5. The smallest absolute Gasteiger partial charge is 0.319 e. The van der Waals surface area contributed by atoms with E-state index in [-0.39, 0.29) is 17.9 Å². The van der Waals surface area contributed by atoms with E-state index in [9.17, 15) is 9.59 Å². The first-order valence-corrected chi connectivity index (χ1v) is 9.75. The summed E-state index contributed by atoms with van der Waals surface area (Å²) in [6, 6.07) is 3.12. The second kappa shape index (κ2) is 9.53. The lowest BCUT2D eigenvalue weighted by molar-refractivity contribution is -0.125. The van der Waals surface area contributed by atoms with E-state index in [1.54, 1.807) is 21.9 Å². The van der Waals surface area contributed by atoms with E-state index in [1.165, 1.54) is 0 Å². The van der Waals surface area contributed by atoms with Gasteiger partial charge in [-0.1, -0.05) is 34.8 Å². The van der Waals surface area contributed by atoms with Gasteiger partial charge in [0.2, 0.25) is 5.91 Å². The van der Waals surface area contributed by atoms with Crippen molar-refractivity contribution in [2.24, 2.45) is 5.92 Å². The zero-order valence-corrected chi connectivity index (χ0v) is 17.1. The summed E-state index contributed by atoms with van der Waals surface area (Å²) in [5.41, 5.74) is 5.81. The van der Waals surface area contributed by atoms with Crippen molar-refractivity contribution in [1.82, 2.24) is 15.2 Å². The van der Waals surface area contributed by atoms with Crippen LogP contribution in [0.2, 0.25) is 15.1 Å². The maximum absolute atomic E-state index is 12.4. The summed E-state index contributed by atoms with van der Waals surface area (Å²) in [6.45, 7) is 6.41. The van der Waals surface area contributed by atoms with Gasteiger partial charge in [0.25, 0.3) is 0 Å². The lowest BCUT2D eigenvalue weighted by atomic mass is 9.96. The number of nitrogens with one attached hydrogen (secondary N) is 2. The molecule has 0 atom stereocenters. The van der Waals surface area contributed by atoms with Gasteiger partial charge in [-0.2, -0.15) is 0 Å². The van der Waals surface area contributed by atoms with Gasteiger partial charge in [-0.25, -0.2) is 4.79 Å². The molecule has 0 aromatic heterocycles.